The van der Waals surface area contributed by atoms with E-state index < -0.39 is 11.7 Å². The largest absolute Gasteiger partial charge is 0.416 e. The van der Waals surface area contributed by atoms with Crippen LogP contribution in [0.2, 0.25) is 0 Å². The van der Waals surface area contributed by atoms with E-state index in [9.17, 15) is 5.26 Å². The van der Waals surface area contributed by atoms with E-state index >= 15 is 13.2 Å². The summed E-state index contributed by atoms with van der Waals surface area (Å²) < 4.78 is 50.5. The molecule has 0 saturated carbocycles. The summed E-state index contributed by atoms with van der Waals surface area (Å²) in [4.78, 5) is 0. The Morgan fingerprint density at radius 2 is 0.879 bits per heavy atom. The Hall–Kier alpha value is -7.36. The average molecular weight is 758 g/mol. The lowest BCUT2D eigenvalue weighted by atomic mass is 9.96. The Morgan fingerprint density at radius 1 is 0.431 bits per heavy atom. The van der Waals surface area contributed by atoms with Gasteiger partial charge in [0.25, 0.3) is 0 Å². The zero-order valence-corrected chi connectivity index (χ0v) is 31.6. The molecule has 0 N–H and O–H groups in total. The van der Waals surface area contributed by atoms with Gasteiger partial charge in [-0.05, 0) is 90.2 Å². The molecule has 0 aliphatic heterocycles. The highest BCUT2D eigenvalue weighted by Gasteiger charge is 2.34. The van der Waals surface area contributed by atoms with Crippen LogP contribution in [-0.4, -0.2) is 9.13 Å². The fourth-order valence-corrected chi connectivity index (χ4v) is 8.64. The number of hydrogen-bond donors (Lipinski definition) is 0. The van der Waals surface area contributed by atoms with E-state index in [0.717, 1.165) is 77.0 Å². The van der Waals surface area contributed by atoms with E-state index in [2.05, 4.69) is 66.7 Å². The van der Waals surface area contributed by atoms with Crippen molar-refractivity contribution in [3.8, 4) is 50.8 Å². The first-order valence-corrected chi connectivity index (χ1v) is 19.1. The van der Waals surface area contributed by atoms with E-state index in [1.807, 2.05) is 102 Å². The predicted octanol–water partition coefficient (Wildman–Crippen LogP) is 14.4. The van der Waals surface area contributed by atoms with Gasteiger partial charge in [-0.15, -0.1) is 0 Å². The SMILES string of the molecule is Cc1cccc(-c2ccc3c4ccccc4n(-c4cc(C(F)(F)F)cc(-n5c6ccccc6c6ccc(-c7cccc(C)c7)cc65)c4-c4cccc(C#N)c4)c3c2)c1. The summed E-state index contributed by atoms with van der Waals surface area (Å²) in [5.74, 6) is 0. The molecule has 0 spiro atoms. The summed E-state index contributed by atoms with van der Waals surface area (Å²) in [6.45, 7) is 4.09. The summed E-state index contributed by atoms with van der Waals surface area (Å²) in [6, 6.07) is 56.6. The third-order valence-electron chi connectivity index (χ3n) is 11.2. The molecular weight excluding hydrogens is 724 g/mol. The third kappa shape index (κ3) is 5.74. The summed E-state index contributed by atoms with van der Waals surface area (Å²) in [6.07, 6.45) is -4.69. The maximum Gasteiger partial charge on any atom is 0.416 e. The molecule has 0 fully saturated rings. The predicted molar refractivity (Wildman–Crippen MR) is 231 cm³/mol. The molecule has 0 radical (unpaired) electrons. The Bertz CT molecular complexity index is 3140. The number of aryl methyl sites for hydroxylation is 2. The zero-order chi connectivity index (χ0) is 39.7. The van der Waals surface area contributed by atoms with Crippen LogP contribution in [0.5, 0.6) is 0 Å². The van der Waals surface area contributed by atoms with E-state index in [0.29, 0.717) is 28.1 Å². The van der Waals surface area contributed by atoms with Crippen molar-refractivity contribution in [1.82, 2.24) is 9.13 Å². The normalized spacial score (nSPS) is 11.9. The van der Waals surface area contributed by atoms with Gasteiger partial charge in [-0.2, -0.15) is 18.4 Å². The van der Waals surface area contributed by atoms with Crippen molar-refractivity contribution >= 4 is 43.6 Å². The van der Waals surface area contributed by atoms with Crippen molar-refractivity contribution in [1.29, 1.82) is 5.26 Å². The number of aromatic nitrogens is 2. The van der Waals surface area contributed by atoms with E-state index in [4.69, 9.17) is 0 Å². The molecule has 58 heavy (non-hydrogen) atoms. The molecule has 8 aromatic carbocycles. The first kappa shape index (κ1) is 35.1. The number of nitrogens with zero attached hydrogens (tertiary/aromatic N) is 3. The molecule has 6 heteroatoms. The molecule has 0 aliphatic carbocycles. The Kier molecular flexibility index (Phi) is 8.10. The summed E-state index contributed by atoms with van der Waals surface area (Å²) in [5, 5.41) is 13.8. The van der Waals surface area contributed by atoms with Crippen molar-refractivity contribution in [2.75, 3.05) is 0 Å². The number of hydrogen-bond acceptors (Lipinski definition) is 1. The molecule has 0 saturated heterocycles. The highest BCUT2D eigenvalue weighted by atomic mass is 19.4. The average Bonchev–Trinajstić information content (AvgIpc) is 3.75. The lowest BCUT2D eigenvalue weighted by Gasteiger charge is -2.23. The molecule has 0 bridgehead atoms. The van der Waals surface area contributed by atoms with Crippen LogP contribution >= 0.6 is 0 Å². The van der Waals surface area contributed by atoms with Crippen molar-refractivity contribution in [3.05, 3.63) is 192 Å². The van der Waals surface area contributed by atoms with Crippen molar-refractivity contribution in [2.45, 2.75) is 20.0 Å². The van der Waals surface area contributed by atoms with Gasteiger partial charge in [0.05, 0.1) is 50.6 Å². The third-order valence-corrected chi connectivity index (χ3v) is 11.2. The van der Waals surface area contributed by atoms with E-state index in [-0.39, 0.29) is 0 Å². The fourth-order valence-electron chi connectivity index (χ4n) is 8.64. The van der Waals surface area contributed by atoms with Crippen LogP contribution in [-0.2, 0) is 6.18 Å². The Balaban J connectivity index is 1.39. The molecule has 0 atom stereocenters. The number of fused-ring (bicyclic) bond motifs is 6. The van der Waals surface area contributed by atoms with Crippen LogP contribution in [0.15, 0.2) is 170 Å². The smallest absolute Gasteiger partial charge is 0.309 e. The van der Waals surface area contributed by atoms with Gasteiger partial charge >= 0.3 is 6.18 Å². The molecule has 10 aromatic rings. The first-order valence-electron chi connectivity index (χ1n) is 19.1. The minimum atomic E-state index is -4.69. The standard InChI is InChI=1S/C52H34F3N3/c1-32-10-7-13-35(24-32)37-20-22-43-41-16-3-5-18-45(41)57(47(43)27-37)49-29-40(52(53,54)55)30-50(51(49)39-15-9-12-34(26-39)31-56)58-46-19-6-4-17-42(46)44-23-21-38(28-48(44)58)36-14-8-11-33(2)25-36/h3-30H,1-2H3. The molecule has 2 heterocycles. The molecule has 0 unspecified atom stereocenters. The molecule has 0 aliphatic rings. The monoisotopic (exact) mass is 757 g/mol. The van der Waals surface area contributed by atoms with Crippen LogP contribution in [0.4, 0.5) is 13.2 Å². The van der Waals surface area contributed by atoms with Crippen molar-refractivity contribution in [3.63, 3.8) is 0 Å². The van der Waals surface area contributed by atoms with Gasteiger partial charge < -0.3 is 9.13 Å². The molecule has 3 nitrogen and oxygen atoms in total. The Labute approximate surface area is 333 Å². The molecular formula is C52H34F3N3. The summed E-state index contributed by atoms with van der Waals surface area (Å²) in [5.41, 5.74) is 10.8. The quantitative estimate of drug-likeness (QED) is 0.172. The van der Waals surface area contributed by atoms with Gasteiger partial charge in [-0.25, -0.2) is 0 Å². The van der Waals surface area contributed by atoms with Crippen LogP contribution in [0.1, 0.15) is 22.3 Å². The van der Waals surface area contributed by atoms with E-state index in [1.165, 1.54) is 12.1 Å². The number of alkyl halides is 3. The number of rotatable bonds is 5. The van der Waals surface area contributed by atoms with Crippen LogP contribution in [0, 0.1) is 25.2 Å². The molecule has 2 aromatic heterocycles. The maximum absolute atomic E-state index is 15.5. The summed E-state index contributed by atoms with van der Waals surface area (Å²) in [7, 11) is 0. The van der Waals surface area contributed by atoms with Gasteiger partial charge in [-0.1, -0.05) is 132 Å². The lowest BCUT2D eigenvalue weighted by molar-refractivity contribution is -0.137. The Morgan fingerprint density at radius 3 is 1.36 bits per heavy atom. The maximum atomic E-state index is 15.5. The topological polar surface area (TPSA) is 33.6 Å². The van der Waals surface area contributed by atoms with Crippen molar-refractivity contribution in [2.24, 2.45) is 0 Å². The van der Waals surface area contributed by atoms with E-state index in [1.54, 1.807) is 18.2 Å². The van der Waals surface area contributed by atoms with Crippen LogP contribution < -0.4 is 0 Å². The van der Waals surface area contributed by atoms with Gasteiger partial charge in [0.1, 0.15) is 0 Å². The number of para-hydroxylation sites is 2. The van der Waals surface area contributed by atoms with Crippen LogP contribution in [0.3, 0.4) is 0 Å². The highest BCUT2D eigenvalue weighted by Crippen LogP contribution is 2.46. The molecule has 0 amide bonds. The first-order chi connectivity index (χ1) is 28.2. The number of nitriles is 1. The minimum Gasteiger partial charge on any atom is -0.309 e. The minimum absolute atomic E-state index is 0.355. The van der Waals surface area contributed by atoms with Gasteiger partial charge in [-0.3, -0.25) is 0 Å². The zero-order valence-electron chi connectivity index (χ0n) is 31.6. The second-order valence-electron chi connectivity index (χ2n) is 15.0. The second-order valence-corrected chi connectivity index (χ2v) is 15.0. The number of halogens is 3. The van der Waals surface area contributed by atoms with Crippen molar-refractivity contribution < 1.29 is 13.2 Å². The number of benzene rings is 8. The van der Waals surface area contributed by atoms with Gasteiger partial charge in [0, 0.05) is 27.1 Å². The fraction of sp³-hybridized carbons (Fsp3) is 0.0577. The highest BCUT2D eigenvalue weighted by molar-refractivity contribution is 6.13. The van der Waals surface area contributed by atoms with Crippen LogP contribution in [0.25, 0.3) is 88.4 Å². The lowest BCUT2D eigenvalue weighted by Crippen LogP contribution is -2.11. The van der Waals surface area contributed by atoms with Gasteiger partial charge in [0.2, 0.25) is 0 Å². The second kappa shape index (κ2) is 13.4. The van der Waals surface area contributed by atoms with Gasteiger partial charge in [0.15, 0.2) is 0 Å². The molecule has 10 rings (SSSR count). The molecule has 278 valence electrons. The summed E-state index contributed by atoms with van der Waals surface area (Å²) >= 11 is 0.